The maximum atomic E-state index is 14.0. The first kappa shape index (κ1) is 22.1. The van der Waals surface area contributed by atoms with E-state index in [-0.39, 0.29) is 40.4 Å². The molecule has 0 atom stereocenters. The topological polar surface area (TPSA) is 74.0 Å². The van der Waals surface area contributed by atoms with Crippen molar-refractivity contribution in [2.75, 3.05) is 5.32 Å². The van der Waals surface area contributed by atoms with Crippen LogP contribution in [0.2, 0.25) is 15.1 Å². The lowest BCUT2D eigenvalue weighted by atomic mass is 10.2. The fourth-order valence-electron chi connectivity index (χ4n) is 2.87. The van der Waals surface area contributed by atoms with Crippen LogP contribution < -0.4 is 10.1 Å². The molecule has 0 bridgehead atoms. The third-order valence-electron chi connectivity index (χ3n) is 4.45. The van der Waals surface area contributed by atoms with Crippen molar-refractivity contribution in [2.45, 2.75) is 13.3 Å². The Bertz CT molecular complexity index is 1240. The highest BCUT2D eigenvalue weighted by atomic mass is 35.5. The molecule has 0 fully saturated rings. The summed E-state index contributed by atoms with van der Waals surface area (Å²) >= 11 is 18.1. The molecule has 4 aromatic rings. The van der Waals surface area contributed by atoms with Gasteiger partial charge in [0.25, 0.3) is 5.91 Å². The predicted octanol–water partition coefficient (Wildman–Crippen LogP) is 5.52. The Labute approximate surface area is 197 Å². The fourth-order valence-corrected chi connectivity index (χ4v) is 3.42. The first-order valence-electron chi connectivity index (χ1n) is 9.28. The molecule has 0 unspecified atom stereocenters. The molecule has 0 aliphatic heterocycles. The minimum atomic E-state index is -0.488. The number of benzene rings is 2. The van der Waals surface area contributed by atoms with Crippen LogP contribution in [0.3, 0.4) is 0 Å². The van der Waals surface area contributed by atoms with Gasteiger partial charge in [0.05, 0.1) is 6.54 Å². The van der Waals surface area contributed by atoms with Gasteiger partial charge in [-0.1, -0.05) is 40.9 Å². The predicted molar refractivity (Wildman–Crippen MR) is 120 cm³/mol. The van der Waals surface area contributed by atoms with Crippen molar-refractivity contribution < 1.29 is 13.9 Å². The molecule has 1 amide bonds. The zero-order valence-electron chi connectivity index (χ0n) is 16.3. The van der Waals surface area contributed by atoms with Crippen molar-refractivity contribution in [3.05, 3.63) is 93.1 Å². The van der Waals surface area contributed by atoms with Crippen LogP contribution >= 0.6 is 34.8 Å². The van der Waals surface area contributed by atoms with Crippen LogP contribution in [0.5, 0.6) is 5.75 Å². The number of halogens is 4. The van der Waals surface area contributed by atoms with E-state index in [1.54, 1.807) is 30.3 Å². The van der Waals surface area contributed by atoms with Crippen LogP contribution in [0, 0.1) is 5.82 Å². The Morgan fingerprint density at radius 1 is 1.06 bits per heavy atom. The van der Waals surface area contributed by atoms with Gasteiger partial charge in [-0.3, -0.25) is 9.48 Å². The van der Waals surface area contributed by atoms with Crippen molar-refractivity contribution in [2.24, 2.45) is 0 Å². The van der Waals surface area contributed by atoms with E-state index in [4.69, 9.17) is 39.5 Å². The standard InChI is InChI=1S/C21H15Cl3FN5O2/c22-13-4-6-14(7-5-13)32-12-30-19(8-9-26-30)21(31)27-20-17(24)11-29(28-20)10-15-16(23)2-1-3-18(15)25/h1-9,11H,10,12H2,(H,27,28,31). The molecular weight excluding hydrogens is 480 g/mol. The number of nitrogens with zero attached hydrogens (tertiary/aromatic N) is 4. The number of anilines is 1. The van der Waals surface area contributed by atoms with Crippen LogP contribution in [0.15, 0.2) is 60.9 Å². The summed E-state index contributed by atoms with van der Waals surface area (Å²) in [6.45, 7) is 0.0549. The third-order valence-corrected chi connectivity index (χ3v) is 5.33. The van der Waals surface area contributed by atoms with E-state index >= 15 is 0 Å². The number of rotatable bonds is 7. The van der Waals surface area contributed by atoms with E-state index in [0.29, 0.717) is 10.8 Å². The van der Waals surface area contributed by atoms with Crippen LogP contribution in [0.4, 0.5) is 10.2 Å². The van der Waals surface area contributed by atoms with Crippen LogP contribution in [0.25, 0.3) is 0 Å². The number of hydrogen-bond acceptors (Lipinski definition) is 4. The molecule has 1 N–H and O–H groups in total. The monoisotopic (exact) mass is 493 g/mol. The van der Waals surface area contributed by atoms with E-state index in [9.17, 15) is 9.18 Å². The molecule has 7 nitrogen and oxygen atoms in total. The molecule has 2 aromatic heterocycles. The summed E-state index contributed by atoms with van der Waals surface area (Å²) in [5.74, 6) is -0.252. The molecule has 2 aromatic carbocycles. The zero-order chi connectivity index (χ0) is 22.7. The first-order chi connectivity index (χ1) is 15.4. The lowest BCUT2D eigenvalue weighted by Gasteiger charge is -2.09. The Kier molecular flexibility index (Phi) is 6.64. The lowest BCUT2D eigenvalue weighted by molar-refractivity contribution is 0.100. The second kappa shape index (κ2) is 9.60. The van der Waals surface area contributed by atoms with Crippen molar-refractivity contribution in [1.82, 2.24) is 19.6 Å². The van der Waals surface area contributed by atoms with Gasteiger partial charge in [-0.25, -0.2) is 9.07 Å². The number of hydrogen-bond donors (Lipinski definition) is 1. The summed E-state index contributed by atoms with van der Waals surface area (Å²) in [6, 6.07) is 12.7. The van der Waals surface area contributed by atoms with Crippen LogP contribution in [-0.4, -0.2) is 25.5 Å². The fraction of sp³-hybridized carbons (Fsp3) is 0.0952. The Morgan fingerprint density at radius 3 is 2.59 bits per heavy atom. The van der Waals surface area contributed by atoms with E-state index < -0.39 is 11.7 Å². The Morgan fingerprint density at radius 2 is 1.84 bits per heavy atom. The number of amides is 1. The van der Waals surface area contributed by atoms with Crippen molar-refractivity contribution in [1.29, 1.82) is 0 Å². The highest BCUT2D eigenvalue weighted by molar-refractivity contribution is 6.33. The lowest BCUT2D eigenvalue weighted by Crippen LogP contribution is -2.20. The van der Waals surface area contributed by atoms with Gasteiger partial charge in [-0.2, -0.15) is 10.2 Å². The molecule has 164 valence electrons. The minimum Gasteiger partial charge on any atom is -0.471 e. The normalized spacial score (nSPS) is 10.9. The molecular formula is C21H15Cl3FN5O2. The molecule has 0 aliphatic carbocycles. The quantitative estimate of drug-likeness (QED) is 0.367. The molecule has 0 saturated carbocycles. The van der Waals surface area contributed by atoms with Gasteiger partial charge in [-0.05, 0) is 42.5 Å². The largest absolute Gasteiger partial charge is 0.471 e. The average Bonchev–Trinajstić information content (AvgIpc) is 3.37. The van der Waals surface area contributed by atoms with Crippen LogP contribution in [-0.2, 0) is 13.3 Å². The number of aromatic nitrogens is 4. The Balaban J connectivity index is 1.45. The van der Waals surface area contributed by atoms with Gasteiger partial charge in [0.15, 0.2) is 12.5 Å². The number of ether oxygens (including phenoxy) is 1. The summed E-state index contributed by atoms with van der Waals surface area (Å²) in [5.41, 5.74) is 0.505. The summed E-state index contributed by atoms with van der Waals surface area (Å²) in [4.78, 5) is 12.7. The first-order valence-corrected chi connectivity index (χ1v) is 10.4. The van der Waals surface area contributed by atoms with Gasteiger partial charge in [0.2, 0.25) is 0 Å². The van der Waals surface area contributed by atoms with Gasteiger partial charge >= 0.3 is 0 Å². The average molecular weight is 495 g/mol. The summed E-state index contributed by atoms with van der Waals surface area (Å²) in [6.07, 6.45) is 2.95. The van der Waals surface area contributed by atoms with E-state index in [1.807, 2.05) is 0 Å². The van der Waals surface area contributed by atoms with E-state index in [1.165, 1.54) is 40.0 Å². The molecule has 0 radical (unpaired) electrons. The Hall–Kier alpha value is -3.07. The second-order valence-corrected chi connectivity index (χ2v) is 7.87. The minimum absolute atomic E-state index is 0.00530. The number of nitrogens with one attached hydrogen (secondary N) is 1. The van der Waals surface area contributed by atoms with Crippen molar-refractivity contribution in [3.8, 4) is 5.75 Å². The molecule has 0 saturated heterocycles. The van der Waals surface area contributed by atoms with Gasteiger partial charge in [0, 0.05) is 28.0 Å². The summed E-state index contributed by atoms with van der Waals surface area (Å²) < 4.78 is 22.4. The number of carbonyl (C=O) groups is 1. The van der Waals surface area contributed by atoms with Gasteiger partial charge in [0.1, 0.15) is 22.3 Å². The molecule has 2 heterocycles. The van der Waals surface area contributed by atoms with Crippen LogP contribution in [0.1, 0.15) is 16.1 Å². The third kappa shape index (κ3) is 5.04. The number of carbonyl (C=O) groups excluding carboxylic acids is 1. The van der Waals surface area contributed by atoms with Gasteiger partial charge in [-0.15, -0.1) is 0 Å². The molecule has 32 heavy (non-hydrogen) atoms. The molecule has 4 rings (SSSR count). The maximum absolute atomic E-state index is 14.0. The summed E-state index contributed by atoms with van der Waals surface area (Å²) in [5, 5.41) is 12.0. The summed E-state index contributed by atoms with van der Waals surface area (Å²) in [7, 11) is 0. The maximum Gasteiger partial charge on any atom is 0.275 e. The second-order valence-electron chi connectivity index (χ2n) is 6.62. The molecule has 0 spiro atoms. The zero-order valence-corrected chi connectivity index (χ0v) is 18.6. The SMILES string of the molecule is O=C(Nc1nn(Cc2c(F)cccc2Cl)cc1Cl)c1ccnn1COc1ccc(Cl)cc1. The smallest absolute Gasteiger partial charge is 0.275 e. The van der Waals surface area contributed by atoms with E-state index in [0.717, 1.165) is 0 Å². The van der Waals surface area contributed by atoms with Gasteiger partial charge < -0.3 is 10.1 Å². The van der Waals surface area contributed by atoms with Crippen molar-refractivity contribution >= 4 is 46.5 Å². The molecule has 11 heteroatoms. The van der Waals surface area contributed by atoms with Crippen molar-refractivity contribution in [3.63, 3.8) is 0 Å². The van der Waals surface area contributed by atoms with E-state index in [2.05, 4.69) is 15.5 Å². The highest BCUT2D eigenvalue weighted by Gasteiger charge is 2.17. The highest BCUT2D eigenvalue weighted by Crippen LogP contribution is 2.24. The molecule has 0 aliphatic rings.